The number of ether oxygens (including phenoxy) is 2. The van der Waals surface area contributed by atoms with Crippen molar-refractivity contribution in [2.24, 2.45) is 0 Å². The van der Waals surface area contributed by atoms with Gasteiger partial charge in [0.25, 0.3) is 0 Å². The molecule has 0 amide bonds. The van der Waals surface area contributed by atoms with Gasteiger partial charge in [-0.1, -0.05) is 0 Å². The summed E-state index contributed by atoms with van der Waals surface area (Å²) in [5.41, 5.74) is 0. The summed E-state index contributed by atoms with van der Waals surface area (Å²) in [5, 5.41) is 0. The number of hydrogen-bond acceptors (Lipinski definition) is 4. The number of allylic oxidation sites excluding steroid dienone is 1. The van der Waals surface area contributed by atoms with Crippen LogP contribution in [0.2, 0.25) is 0 Å². The Morgan fingerprint density at radius 1 is 1.21 bits per heavy atom. The molecule has 0 atom stereocenters. The van der Waals surface area contributed by atoms with E-state index in [0.717, 1.165) is 6.26 Å². The van der Waals surface area contributed by atoms with E-state index >= 15 is 0 Å². The summed E-state index contributed by atoms with van der Waals surface area (Å²) >= 11 is 0. The summed E-state index contributed by atoms with van der Waals surface area (Å²) in [4.78, 5) is 0. The molecule has 0 aliphatic rings. The minimum absolute atomic E-state index is 0.150. The second-order valence-corrected chi connectivity index (χ2v) is 4.37. The molecule has 0 aromatic carbocycles. The Morgan fingerprint density at radius 3 is 2.07 bits per heavy atom. The molecule has 0 fully saturated rings. The van der Waals surface area contributed by atoms with Crippen LogP contribution in [0.25, 0.3) is 0 Å². The average molecular weight is 223 g/mol. The van der Waals surface area contributed by atoms with Crippen LogP contribution in [0.5, 0.6) is 0 Å². The van der Waals surface area contributed by atoms with Crippen LogP contribution in [-0.2, 0) is 19.5 Å². The smallest absolute Gasteiger partial charge is 0.239 e. The largest absolute Gasteiger partial charge is 0.493 e. The van der Waals surface area contributed by atoms with Crippen molar-refractivity contribution in [2.75, 3.05) is 19.5 Å². The lowest BCUT2D eigenvalue weighted by Gasteiger charge is -2.13. The lowest BCUT2D eigenvalue weighted by Crippen LogP contribution is -2.24. The first-order chi connectivity index (χ1) is 6.40. The summed E-state index contributed by atoms with van der Waals surface area (Å²) in [5.74, 6) is 0.580. The molecule has 0 heterocycles. The quantitative estimate of drug-likeness (QED) is 0.676. The second kappa shape index (κ2) is 5.74. The minimum atomic E-state index is -3.32. The molecule has 0 aliphatic carbocycles. The fourth-order valence-electron chi connectivity index (χ4n) is 0.798. The molecule has 0 spiro atoms. The Morgan fingerprint density at radius 2 is 1.71 bits per heavy atom. The van der Waals surface area contributed by atoms with E-state index < -0.39 is 10.0 Å². The number of nitrogens with one attached hydrogen (secondary N) is 1. The van der Waals surface area contributed by atoms with Crippen molar-refractivity contribution in [3.05, 3.63) is 11.6 Å². The standard InChI is InChI=1S/C8H17NO4S/c1-5-12-7(3)8(13-6-2)9-14(4,10)11/h9H,5-6H2,1-4H3/b8-7-. The van der Waals surface area contributed by atoms with E-state index in [-0.39, 0.29) is 5.88 Å². The first-order valence-electron chi connectivity index (χ1n) is 4.35. The maximum absolute atomic E-state index is 10.9. The van der Waals surface area contributed by atoms with E-state index in [4.69, 9.17) is 9.47 Å². The normalized spacial score (nSPS) is 13.1. The van der Waals surface area contributed by atoms with Gasteiger partial charge in [-0.2, -0.15) is 0 Å². The summed E-state index contributed by atoms with van der Waals surface area (Å²) in [7, 11) is -3.32. The molecule has 84 valence electrons. The maximum atomic E-state index is 10.9. The molecule has 6 heteroatoms. The Balaban J connectivity index is 4.66. The number of rotatable bonds is 6. The van der Waals surface area contributed by atoms with Crippen molar-refractivity contribution in [1.29, 1.82) is 0 Å². The van der Waals surface area contributed by atoms with Crippen LogP contribution >= 0.6 is 0 Å². The van der Waals surface area contributed by atoms with Gasteiger partial charge in [0.05, 0.1) is 19.5 Å². The lowest BCUT2D eigenvalue weighted by molar-refractivity contribution is 0.160. The molecule has 0 saturated heterocycles. The van der Waals surface area contributed by atoms with Gasteiger partial charge in [0.2, 0.25) is 15.9 Å². The van der Waals surface area contributed by atoms with Crippen molar-refractivity contribution in [1.82, 2.24) is 4.72 Å². The van der Waals surface area contributed by atoms with Crippen LogP contribution in [0.1, 0.15) is 20.8 Å². The SMILES string of the molecule is CCO/C(C)=C(/NS(C)(=O)=O)OCC. The topological polar surface area (TPSA) is 64.6 Å². The van der Waals surface area contributed by atoms with E-state index in [2.05, 4.69) is 4.72 Å². The van der Waals surface area contributed by atoms with E-state index in [1.165, 1.54) is 0 Å². The Bertz CT molecular complexity index is 294. The van der Waals surface area contributed by atoms with Gasteiger partial charge in [0.15, 0.2) is 5.76 Å². The van der Waals surface area contributed by atoms with E-state index in [1.54, 1.807) is 13.8 Å². The molecular formula is C8H17NO4S. The molecule has 0 radical (unpaired) electrons. The molecule has 0 unspecified atom stereocenters. The van der Waals surface area contributed by atoms with E-state index in [1.807, 2.05) is 6.92 Å². The predicted molar refractivity (Wildman–Crippen MR) is 53.9 cm³/mol. The Hall–Kier alpha value is -0.910. The monoisotopic (exact) mass is 223 g/mol. The van der Waals surface area contributed by atoms with Gasteiger partial charge in [-0.05, 0) is 20.8 Å². The highest BCUT2D eigenvalue weighted by molar-refractivity contribution is 7.88. The Labute approximate surface area is 85.1 Å². The molecule has 0 aromatic rings. The van der Waals surface area contributed by atoms with Crippen molar-refractivity contribution >= 4 is 10.0 Å². The zero-order valence-electron chi connectivity index (χ0n) is 8.96. The molecule has 0 aliphatic heterocycles. The zero-order chi connectivity index (χ0) is 11.2. The number of sulfonamides is 1. The third-order valence-corrected chi connectivity index (χ3v) is 1.80. The molecule has 0 aromatic heterocycles. The highest BCUT2D eigenvalue weighted by atomic mass is 32.2. The molecule has 0 rings (SSSR count). The van der Waals surface area contributed by atoms with Gasteiger partial charge in [0.1, 0.15) is 0 Å². The van der Waals surface area contributed by atoms with Crippen molar-refractivity contribution in [3.63, 3.8) is 0 Å². The fraction of sp³-hybridized carbons (Fsp3) is 0.750. The van der Waals surface area contributed by atoms with Crippen LogP contribution in [-0.4, -0.2) is 27.9 Å². The van der Waals surface area contributed by atoms with Crippen molar-refractivity contribution in [3.8, 4) is 0 Å². The molecule has 5 nitrogen and oxygen atoms in total. The summed E-state index contributed by atoms with van der Waals surface area (Å²) in [6, 6.07) is 0. The van der Waals surface area contributed by atoms with Crippen LogP contribution < -0.4 is 4.72 Å². The maximum Gasteiger partial charge on any atom is 0.239 e. The molecule has 14 heavy (non-hydrogen) atoms. The second-order valence-electron chi connectivity index (χ2n) is 2.63. The first kappa shape index (κ1) is 13.1. The summed E-state index contributed by atoms with van der Waals surface area (Å²) < 4.78 is 34.4. The van der Waals surface area contributed by atoms with Gasteiger partial charge in [-0.15, -0.1) is 0 Å². The van der Waals surface area contributed by atoms with Crippen LogP contribution in [0.3, 0.4) is 0 Å². The highest BCUT2D eigenvalue weighted by Crippen LogP contribution is 2.05. The third kappa shape index (κ3) is 5.69. The van der Waals surface area contributed by atoms with Crippen molar-refractivity contribution in [2.45, 2.75) is 20.8 Å². The fourth-order valence-corrected chi connectivity index (χ4v) is 1.34. The lowest BCUT2D eigenvalue weighted by atomic mass is 10.5. The van der Waals surface area contributed by atoms with Crippen LogP contribution in [0, 0.1) is 0 Å². The summed E-state index contributed by atoms with van der Waals surface area (Å²) in [6.45, 7) is 6.07. The zero-order valence-corrected chi connectivity index (χ0v) is 9.77. The average Bonchev–Trinajstić information content (AvgIpc) is 2.01. The minimum Gasteiger partial charge on any atom is -0.493 e. The third-order valence-electron chi connectivity index (χ3n) is 1.25. The molecule has 1 N–H and O–H groups in total. The van der Waals surface area contributed by atoms with Gasteiger partial charge in [-0.3, -0.25) is 4.72 Å². The van der Waals surface area contributed by atoms with E-state index in [0.29, 0.717) is 19.0 Å². The number of hydrogen-bond donors (Lipinski definition) is 1. The predicted octanol–water partition coefficient (Wildman–Crippen LogP) is 0.798. The van der Waals surface area contributed by atoms with Crippen molar-refractivity contribution < 1.29 is 17.9 Å². The molecule has 0 saturated carbocycles. The first-order valence-corrected chi connectivity index (χ1v) is 6.24. The van der Waals surface area contributed by atoms with Gasteiger partial charge >= 0.3 is 0 Å². The van der Waals surface area contributed by atoms with Gasteiger partial charge in [0, 0.05) is 0 Å². The highest BCUT2D eigenvalue weighted by Gasteiger charge is 2.10. The Kier molecular flexibility index (Phi) is 5.37. The van der Waals surface area contributed by atoms with E-state index in [9.17, 15) is 8.42 Å². The van der Waals surface area contributed by atoms with Gasteiger partial charge < -0.3 is 9.47 Å². The molecular weight excluding hydrogens is 206 g/mol. The molecule has 0 bridgehead atoms. The summed E-state index contributed by atoms with van der Waals surface area (Å²) in [6.07, 6.45) is 1.06. The van der Waals surface area contributed by atoms with Gasteiger partial charge in [-0.25, -0.2) is 8.42 Å². The van der Waals surface area contributed by atoms with Crippen LogP contribution in [0.15, 0.2) is 11.6 Å². The van der Waals surface area contributed by atoms with Crippen LogP contribution in [0.4, 0.5) is 0 Å².